The summed E-state index contributed by atoms with van der Waals surface area (Å²) in [6.07, 6.45) is -0.0732. The zero-order chi connectivity index (χ0) is 21.0. The number of aliphatic hydroxyl groups excluding tert-OH is 1. The van der Waals surface area contributed by atoms with Gasteiger partial charge in [-0.05, 0) is 48.7 Å². The summed E-state index contributed by atoms with van der Waals surface area (Å²) in [7, 11) is 1.56. The zero-order valence-electron chi connectivity index (χ0n) is 16.8. The van der Waals surface area contributed by atoms with Crippen LogP contribution in [0.3, 0.4) is 0 Å². The average molecular weight is 398 g/mol. The number of urea groups is 1. The first-order valence-electron chi connectivity index (χ1n) is 9.55. The summed E-state index contributed by atoms with van der Waals surface area (Å²) in [5.74, 6) is 0.867. The summed E-state index contributed by atoms with van der Waals surface area (Å²) in [4.78, 5) is 26.4. The van der Waals surface area contributed by atoms with Crippen LogP contribution in [0.2, 0.25) is 0 Å². The minimum atomic E-state index is -1.19. The van der Waals surface area contributed by atoms with Crippen LogP contribution in [0.15, 0.2) is 48.5 Å². The number of hydrogen-bond donors (Lipinski definition) is 2. The highest BCUT2D eigenvalue weighted by Gasteiger charge is 2.49. The Balaban J connectivity index is 1.62. The van der Waals surface area contributed by atoms with Gasteiger partial charge in [-0.3, -0.25) is 9.69 Å². The fourth-order valence-corrected chi connectivity index (χ4v) is 3.26. The number of benzene rings is 2. The number of aryl methyl sites for hydroxylation is 1. The average Bonchev–Trinajstić information content (AvgIpc) is 2.96. The number of imide groups is 1. The summed E-state index contributed by atoms with van der Waals surface area (Å²) >= 11 is 0. The molecule has 0 radical (unpaired) electrons. The Morgan fingerprint density at radius 1 is 1.07 bits per heavy atom. The normalized spacial score (nSPS) is 19.8. The number of aliphatic hydroxyl groups is 1. The van der Waals surface area contributed by atoms with Crippen molar-refractivity contribution in [2.24, 2.45) is 0 Å². The first-order valence-corrected chi connectivity index (χ1v) is 9.55. The number of β-amino-alcohol motifs (C(OH)–C–C–N with tert-alkyl or cyclic N) is 1. The SMILES string of the molecule is CCc1ccc(OC[C@H](O)CN2C(=O)N[C@](C)(c3ccc(OC)cc3)C2=O)cc1. The van der Waals surface area contributed by atoms with Crippen molar-refractivity contribution < 1.29 is 24.2 Å². The van der Waals surface area contributed by atoms with Gasteiger partial charge in [-0.1, -0.05) is 31.2 Å². The molecule has 1 fully saturated rings. The molecular formula is C22H26N2O5. The highest BCUT2D eigenvalue weighted by atomic mass is 16.5. The molecule has 7 heteroatoms. The molecule has 1 aliphatic rings. The van der Waals surface area contributed by atoms with E-state index in [1.54, 1.807) is 38.3 Å². The second kappa shape index (κ2) is 8.53. The highest BCUT2D eigenvalue weighted by molar-refractivity contribution is 6.07. The van der Waals surface area contributed by atoms with Crippen LogP contribution in [0.1, 0.15) is 25.0 Å². The monoisotopic (exact) mass is 398 g/mol. The van der Waals surface area contributed by atoms with Gasteiger partial charge in [0.25, 0.3) is 5.91 Å². The van der Waals surface area contributed by atoms with Gasteiger partial charge < -0.3 is 19.9 Å². The van der Waals surface area contributed by atoms with Gasteiger partial charge in [0.1, 0.15) is 29.7 Å². The second-order valence-corrected chi connectivity index (χ2v) is 7.16. The standard InChI is InChI=1S/C22H26N2O5/c1-4-15-5-9-19(10-6-15)29-14-17(25)13-24-20(26)22(2,23-21(24)27)16-7-11-18(28-3)12-8-16/h5-12,17,25H,4,13-14H2,1-3H3,(H,23,27)/t17-,22-/m1/s1. The molecule has 0 saturated carbocycles. The smallest absolute Gasteiger partial charge is 0.325 e. The van der Waals surface area contributed by atoms with E-state index in [9.17, 15) is 14.7 Å². The Hall–Kier alpha value is -3.06. The molecule has 2 atom stereocenters. The Kier molecular flexibility index (Phi) is 6.08. The first-order chi connectivity index (χ1) is 13.9. The number of hydrogen-bond acceptors (Lipinski definition) is 5. The van der Waals surface area contributed by atoms with Gasteiger partial charge in [-0.15, -0.1) is 0 Å². The molecule has 2 N–H and O–H groups in total. The molecule has 3 amide bonds. The van der Waals surface area contributed by atoms with Crippen molar-refractivity contribution in [1.82, 2.24) is 10.2 Å². The van der Waals surface area contributed by atoms with Crippen LogP contribution in [0.25, 0.3) is 0 Å². The van der Waals surface area contributed by atoms with E-state index < -0.39 is 23.6 Å². The van der Waals surface area contributed by atoms with Crippen molar-refractivity contribution in [3.63, 3.8) is 0 Å². The lowest BCUT2D eigenvalue weighted by Crippen LogP contribution is -2.42. The minimum Gasteiger partial charge on any atom is -0.497 e. The van der Waals surface area contributed by atoms with E-state index in [-0.39, 0.29) is 13.2 Å². The highest BCUT2D eigenvalue weighted by Crippen LogP contribution is 2.30. The molecule has 0 aromatic heterocycles. The third kappa shape index (κ3) is 4.35. The lowest BCUT2D eigenvalue weighted by Gasteiger charge is -2.23. The predicted octanol–water partition coefficient (Wildman–Crippen LogP) is 2.46. The van der Waals surface area contributed by atoms with E-state index >= 15 is 0 Å². The fraction of sp³-hybridized carbons (Fsp3) is 0.364. The fourth-order valence-electron chi connectivity index (χ4n) is 3.26. The topological polar surface area (TPSA) is 88.1 Å². The van der Waals surface area contributed by atoms with Gasteiger partial charge in [-0.25, -0.2) is 4.79 Å². The summed E-state index contributed by atoms with van der Waals surface area (Å²) < 4.78 is 10.7. The van der Waals surface area contributed by atoms with Crippen LogP contribution in [0.5, 0.6) is 11.5 Å². The number of amides is 3. The Bertz CT molecular complexity index is 866. The maximum absolute atomic E-state index is 12.9. The number of carbonyl (C=O) groups excluding carboxylic acids is 2. The molecule has 2 aromatic rings. The lowest BCUT2D eigenvalue weighted by atomic mass is 9.92. The number of methoxy groups -OCH3 is 1. The maximum atomic E-state index is 12.9. The van der Waals surface area contributed by atoms with E-state index in [2.05, 4.69) is 12.2 Å². The number of nitrogens with zero attached hydrogens (tertiary/aromatic N) is 1. The van der Waals surface area contributed by atoms with Gasteiger partial charge in [0.15, 0.2) is 0 Å². The predicted molar refractivity (Wildman–Crippen MR) is 108 cm³/mol. The van der Waals surface area contributed by atoms with Crippen molar-refractivity contribution in [3.05, 3.63) is 59.7 Å². The molecule has 0 aliphatic carbocycles. The summed E-state index contributed by atoms with van der Waals surface area (Å²) in [6, 6.07) is 14.0. The van der Waals surface area contributed by atoms with Gasteiger partial charge in [0, 0.05) is 0 Å². The molecule has 154 valence electrons. The molecule has 1 saturated heterocycles. The van der Waals surface area contributed by atoms with E-state index in [1.807, 2.05) is 24.3 Å². The van der Waals surface area contributed by atoms with Gasteiger partial charge >= 0.3 is 6.03 Å². The molecule has 0 unspecified atom stereocenters. The molecule has 7 nitrogen and oxygen atoms in total. The molecular weight excluding hydrogens is 372 g/mol. The van der Waals surface area contributed by atoms with Crippen LogP contribution >= 0.6 is 0 Å². The van der Waals surface area contributed by atoms with Gasteiger partial charge in [0.05, 0.1) is 13.7 Å². The summed E-state index contributed by atoms with van der Waals surface area (Å²) in [5, 5.41) is 13.0. The lowest BCUT2D eigenvalue weighted by molar-refractivity contribution is -0.132. The molecule has 0 spiro atoms. The Labute approximate surface area is 170 Å². The quantitative estimate of drug-likeness (QED) is 0.667. The van der Waals surface area contributed by atoms with E-state index in [4.69, 9.17) is 9.47 Å². The van der Waals surface area contributed by atoms with Crippen molar-refractivity contribution in [2.45, 2.75) is 31.9 Å². The zero-order valence-corrected chi connectivity index (χ0v) is 16.8. The number of nitrogens with one attached hydrogen (secondary N) is 1. The maximum Gasteiger partial charge on any atom is 0.325 e. The number of rotatable bonds is 8. The van der Waals surface area contributed by atoms with Gasteiger partial charge in [-0.2, -0.15) is 0 Å². The molecule has 3 rings (SSSR count). The Morgan fingerprint density at radius 3 is 2.28 bits per heavy atom. The number of carbonyl (C=O) groups is 2. The van der Waals surface area contributed by atoms with Gasteiger partial charge in [0.2, 0.25) is 0 Å². The minimum absolute atomic E-state index is 0.0260. The molecule has 1 heterocycles. The number of ether oxygens (including phenoxy) is 2. The van der Waals surface area contributed by atoms with Crippen LogP contribution in [-0.2, 0) is 16.8 Å². The van der Waals surface area contributed by atoms with Crippen LogP contribution in [0.4, 0.5) is 4.79 Å². The summed E-state index contributed by atoms with van der Waals surface area (Å²) in [6.45, 7) is 3.54. The van der Waals surface area contributed by atoms with E-state index in [0.29, 0.717) is 17.1 Å². The van der Waals surface area contributed by atoms with Crippen molar-refractivity contribution in [2.75, 3.05) is 20.3 Å². The molecule has 1 aliphatic heterocycles. The molecule has 2 aromatic carbocycles. The summed E-state index contributed by atoms with van der Waals surface area (Å²) in [5.41, 5.74) is 0.635. The van der Waals surface area contributed by atoms with E-state index in [0.717, 1.165) is 11.3 Å². The second-order valence-electron chi connectivity index (χ2n) is 7.16. The third-order valence-electron chi connectivity index (χ3n) is 5.11. The van der Waals surface area contributed by atoms with E-state index in [1.165, 1.54) is 5.56 Å². The molecule has 29 heavy (non-hydrogen) atoms. The van der Waals surface area contributed by atoms with Crippen LogP contribution < -0.4 is 14.8 Å². The Morgan fingerprint density at radius 2 is 1.69 bits per heavy atom. The van der Waals surface area contributed by atoms with Crippen molar-refractivity contribution >= 4 is 11.9 Å². The first kappa shape index (κ1) is 20.7. The largest absolute Gasteiger partial charge is 0.497 e. The third-order valence-corrected chi connectivity index (χ3v) is 5.11. The van der Waals surface area contributed by atoms with Crippen molar-refractivity contribution in [3.8, 4) is 11.5 Å². The van der Waals surface area contributed by atoms with Crippen LogP contribution in [-0.4, -0.2) is 48.3 Å². The molecule has 0 bridgehead atoms. The van der Waals surface area contributed by atoms with Crippen LogP contribution in [0, 0.1) is 0 Å². The van der Waals surface area contributed by atoms with Crippen molar-refractivity contribution in [1.29, 1.82) is 0 Å².